The molecule has 0 atom stereocenters. The number of Topliss-reactive ketones (excluding diaryl/α,β-unsaturated/α-hetero) is 1. The maximum absolute atomic E-state index is 12.6. The molecule has 140 valence electrons. The largest absolute Gasteiger partial charge is 0.339 e. The first-order chi connectivity index (χ1) is 12.9. The zero-order valence-corrected chi connectivity index (χ0v) is 15.7. The minimum atomic E-state index is -0.276. The van der Waals surface area contributed by atoms with Gasteiger partial charge >= 0.3 is 0 Å². The number of anilines is 1. The van der Waals surface area contributed by atoms with Crippen molar-refractivity contribution in [3.63, 3.8) is 0 Å². The minimum absolute atomic E-state index is 0.0167. The highest BCUT2D eigenvalue weighted by Gasteiger charge is 2.21. The smallest absolute Gasteiger partial charge is 0.255 e. The number of benzene rings is 2. The van der Waals surface area contributed by atoms with Gasteiger partial charge in [0.05, 0.1) is 0 Å². The number of piperidine rings is 1. The van der Waals surface area contributed by atoms with Crippen molar-refractivity contribution in [2.45, 2.75) is 26.7 Å². The predicted molar refractivity (Wildman–Crippen MR) is 105 cm³/mol. The van der Waals surface area contributed by atoms with Crippen LogP contribution in [0, 0.1) is 5.92 Å². The summed E-state index contributed by atoms with van der Waals surface area (Å²) >= 11 is 0. The summed E-state index contributed by atoms with van der Waals surface area (Å²) in [6.07, 6.45) is 2.07. The molecular weight excluding hydrogens is 340 g/mol. The molecule has 0 spiro atoms. The van der Waals surface area contributed by atoms with Crippen LogP contribution in [-0.4, -0.2) is 35.6 Å². The Morgan fingerprint density at radius 2 is 1.56 bits per heavy atom. The monoisotopic (exact) mass is 364 g/mol. The molecule has 1 fully saturated rings. The van der Waals surface area contributed by atoms with Gasteiger partial charge in [-0.2, -0.15) is 0 Å². The van der Waals surface area contributed by atoms with E-state index in [-0.39, 0.29) is 17.6 Å². The van der Waals surface area contributed by atoms with E-state index in [2.05, 4.69) is 12.2 Å². The standard InChI is InChI=1S/C22H24N2O3/c1-15-10-12-24(13-11-15)22(27)18-8-6-17(7-9-18)21(26)23-20-5-3-4-19(14-20)16(2)25/h3-9,14-15H,10-13H2,1-2H3,(H,23,26). The van der Waals surface area contributed by atoms with E-state index in [1.54, 1.807) is 48.5 Å². The number of hydrogen-bond donors (Lipinski definition) is 1. The van der Waals surface area contributed by atoms with Gasteiger partial charge in [0.1, 0.15) is 0 Å². The Hall–Kier alpha value is -2.95. The van der Waals surface area contributed by atoms with Crippen LogP contribution in [0.25, 0.3) is 0 Å². The highest BCUT2D eigenvalue weighted by molar-refractivity contribution is 6.05. The maximum atomic E-state index is 12.6. The Kier molecular flexibility index (Phi) is 5.69. The Labute approximate surface area is 159 Å². The zero-order chi connectivity index (χ0) is 19.4. The minimum Gasteiger partial charge on any atom is -0.339 e. The van der Waals surface area contributed by atoms with Gasteiger partial charge in [0.25, 0.3) is 11.8 Å². The van der Waals surface area contributed by atoms with Crippen LogP contribution in [0.4, 0.5) is 5.69 Å². The normalized spacial score (nSPS) is 14.7. The lowest BCUT2D eigenvalue weighted by atomic mass is 9.98. The van der Waals surface area contributed by atoms with Crippen LogP contribution >= 0.6 is 0 Å². The first-order valence-corrected chi connectivity index (χ1v) is 9.26. The van der Waals surface area contributed by atoms with Crippen molar-refractivity contribution < 1.29 is 14.4 Å². The number of rotatable bonds is 4. The van der Waals surface area contributed by atoms with Gasteiger partial charge in [0, 0.05) is 35.5 Å². The van der Waals surface area contributed by atoms with E-state index in [0.717, 1.165) is 25.9 Å². The van der Waals surface area contributed by atoms with Gasteiger partial charge in [-0.15, -0.1) is 0 Å². The number of likely N-dealkylation sites (tertiary alicyclic amines) is 1. The Bertz CT molecular complexity index is 850. The van der Waals surface area contributed by atoms with Gasteiger partial charge in [-0.25, -0.2) is 0 Å². The van der Waals surface area contributed by atoms with Crippen molar-refractivity contribution in [2.75, 3.05) is 18.4 Å². The molecule has 1 N–H and O–H groups in total. The molecule has 5 heteroatoms. The Morgan fingerprint density at radius 3 is 2.19 bits per heavy atom. The predicted octanol–water partition coefficient (Wildman–Crippen LogP) is 4.01. The molecule has 5 nitrogen and oxygen atoms in total. The van der Waals surface area contributed by atoms with E-state index < -0.39 is 0 Å². The van der Waals surface area contributed by atoms with Crippen LogP contribution in [0.3, 0.4) is 0 Å². The fourth-order valence-electron chi connectivity index (χ4n) is 3.18. The van der Waals surface area contributed by atoms with E-state index in [9.17, 15) is 14.4 Å². The van der Waals surface area contributed by atoms with E-state index in [4.69, 9.17) is 0 Å². The number of amides is 2. The summed E-state index contributed by atoms with van der Waals surface area (Å²) in [6, 6.07) is 13.5. The molecule has 0 aromatic heterocycles. The van der Waals surface area contributed by atoms with Crippen molar-refractivity contribution in [3.05, 3.63) is 65.2 Å². The lowest BCUT2D eigenvalue weighted by Gasteiger charge is -2.30. The molecule has 2 amide bonds. The number of carbonyl (C=O) groups excluding carboxylic acids is 3. The summed E-state index contributed by atoms with van der Waals surface area (Å²) in [5.41, 5.74) is 2.17. The second-order valence-electron chi connectivity index (χ2n) is 7.14. The molecule has 2 aromatic carbocycles. The van der Waals surface area contributed by atoms with Crippen LogP contribution in [0.2, 0.25) is 0 Å². The Balaban J connectivity index is 1.66. The molecule has 27 heavy (non-hydrogen) atoms. The molecule has 0 unspecified atom stereocenters. The van der Waals surface area contributed by atoms with Gasteiger partial charge in [0.15, 0.2) is 5.78 Å². The fraction of sp³-hybridized carbons (Fsp3) is 0.318. The molecule has 1 heterocycles. The quantitative estimate of drug-likeness (QED) is 0.834. The number of nitrogens with zero attached hydrogens (tertiary/aromatic N) is 1. The van der Waals surface area contributed by atoms with Gasteiger partial charge < -0.3 is 10.2 Å². The summed E-state index contributed by atoms with van der Waals surface area (Å²) < 4.78 is 0. The van der Waals surface area contributed by atoms with Gasteiger partial charge in [0.2, 0.25) is 0 Å². The average molecular weight is 364 g/mol. The van der Waals surface area contributed by atoms with Gasteiger partial charge in [-0.05, 0) is 62.1 Å². The van der Waals surface area contributed by atoms with Crippen molar-refractivity contribution in [3.8, 4) is 0 Å². The highest BCUT2D eigenvalue weighted by Crippen LogP contribution is 2.19. The molecule has 1 saturated heterocycles. The SMILES string of the molecule is CC(=O)c1cccc(NC(=O)c2ccc(C(=O)N3CCC(C)CC3)cc2)c1. The van der Waals surface area contributed by atoms with Gasteiger partial charge in [-0.1, -0.05) is 19.1 Å². The van der Waals surface area contributed by atoms with Crippen LogP contribution in [-0.2, 0) is 0 Å². The van der Waals surface area contributed by atoms with Crippen molar-refractivity contribution in [1.82, 2.24) is 4.90 Å². The maximum Gasteiger partial charge on any atom is 0.255 e. The zero-order valence-electron chi connectivity index (χ0n) is 15.7. The van der Waals surface area contributed by atoms with Crippen molar-refractivity contribution in [2.24, 2.45) is 5.92 Å². The van der Waals surface area contributed by atoms with Crippen LogP contribution in [0.5, 0.6) is 0 Å². The second-order valence-corrected chi connectivity index (χ2v) is 7.14. The molecule has 1 aliphatic rings. The Morgan fingerprint density at radius 1 is 0.926 bits per heavy atom. The third-order valence-electron chi connectivity index (χ3n) is 4.99. The molecular formula is C22H24N2O3. The summed E-state index contributed by atoms with van der Waals surface area (Å²) in [6.45, 7) is 5.27. The van der Waals surface area contributed by atoms with E-state index in [0.29, 0.717) is 28.3 Å². The molecule has 2 aromatic rings. The second kappa shape index (κ2) is 8.16. The number of carbonyl (C=O) groups is 3. The average Bonchev–Trinajstić information content (AvgIpc) is 2.68. The molecule has 1 aliphatic heterocycles. The topological polar surface area (TPSA) is 66.5 Å². The van der Waals surface area contributed by atoms with Crippen LogP contribution in [0.1, 0.15) is 57.8 Å². The lowest BCUT2D eigenvalue weighted by Crippen LogP contribution is -2.37. The third-order valence-corrected chi connectivity index (χ3v) is 4.99. The van der Waals surface area contributed by atoms with Crippen LogP contribution < -0.4 is 5.32 Å². The summed E-state index contributed by atoms with van der Waals surface area (Å²) in [4.78, 5) is 38.3. The van der Waals surface area contributed by atoms with Crippen LogP contribution in [0.15, 0.2) is 48.5 Å². The fourth-order valence-corrected chi connectivity index (χ4v) is 3.18. The molecule has 0 saturated carbocycles. The molecule has 0 aliphatic carbocycles. The summed E-state index contributed by atoms with van der Waals surface area (Å²) in [5, 5.41) is 2.78. The number of hydrogen-bond acceptors (Lipinski definition) is 3. The summed E-state index contributed by atoms with van der Waals surface area (Å²) in [7, 11) is 0. The lowest BCUT2D eigenvalue weighted by molar-refractivity contribution is 0.0696. The first-order valence-electron chi connectivity index (χ1n) is 9.26. The third kappa shape index (κ3) is 4.61. The first kappa shape index (κ1) is 18.8. The van der Waals surface area contributed by atoms with E-state index in [1.165, 1.54) is 6.92 Å². The summed E-state index contributed by atoms with van der Waals surface area (Å²) in [5.74, 6) is 0.354. The van der Waals surface area contributed by atoms with E-state index in [1.807, 2.05) is 4.90 Å². The molecule has 3 rings (SSSR count). The molecule has 0 radical (unpaired) electrons. The van der Waals surface area contributed by atoms with Crippen molar-refractivity contribution >= 4 is 23.3 Å². The van der Waals surface area contributed by atoms with Gasteiger partial charge in [-0.3, -0.25) is 14.4 Å². The number of nitrogens with one attached hydrogen (secondary N) is 1. The highest BCUT2D eigenvalue weighted by atomic mass is 16.2. The number of ketones is 1. The molecule has 0 bridgehead atoms. The van der Waals surface area contributed by atoms with E-state index >= 15 is 0 Å². The van der Waals surface area contributed by atoms with Crippen molar-refractivity contribution in [1.29, 1.82) is 0 Å².